The Morgan fingerprint density at radius 1 is 1.24 bits per heavy atom. The first kappa shape index (κ1) is 18.3. The summed E-state index contributed by atoms with van der Waals surface area (Å²) in [5.41, 5.74) is -0.0801. The number of nitrogens with one attached hydrogen (secondary N) is 1. The molecular formula is C16H12ClFN2O5. The van der Waals surface area contributed by atoms with Crippen molar-refractivity contribution in [1.29, 1.82) is 0 Å². The Balaban J connectivity index is 1.88. The number of hydrogen-bond donors (Lipinski definition) is 1. The highest BCUT2D eigenvalue weighted by Gasteiger charge is 2.15. The predicted molar refractivity (Wildman–Crippen MR) is 87.8 cm³/mol. The van der Waals surface area contributed by atoms with Crippen molar-refractivity contribution in [3.05, 3.63) is 69.0 Å². The van der Waals surface area contributed by atoms with E-state index in [2.05, 4.69) is 5.32 Å². The lowest BCUT2D eigenvalue weighted by Gasteiger charge is -2.07. The van der Waals surface area contributed by atoms with Crippen LogP contribution in [0.4, 0.5) is 15.8 Å². The maximum atomic E-state index is 13.4. The van der Waals surface area contributed by atoms with E-state index < -0.39 is 29.2 Å². The molecule has 0 aliphatic carbocycles. The second-order valence-corrected chi connectivity index (χ2v) is 5.31. The van der Waals surface area contributed by atoms with Crippen molar-refractivity contribution < 1.29 is 23.6 Å². The lowest BCUT2D eigenvalue weighted by atomic mass is 10.1. The molecule has 0 radical (unpaired) electrons. The molecule has 25 heavy (non-hydrogen) atoms. The SMILES string of the molecule is O=C(COC(=O)Cc1ccccc1F)Nc1ccc(Cl)c([N+](=O)[O-])c1. The molecule has 9 heteroatoms. The quantitative estimate of drug-likeness (QED) is 0.481. The minimum Gasteiger partial charge on any atom is -0.455 e. The Kier molecular flexibility index (Phi) is 6.02. The van der Waals surface area contributed by atoms with Gasteiger partial charge < -0.3 is 10.1 Å². The highest BCUT2D eigenvalue weighted by molar-refractivity contribution is 6.32. The smallest absolute Gasteiger partial charge is 0.310 e. The van der Waals surface area contributed by atoms with Crippen LogP contribution in [0.15, 0.2) is 42.5 Å². The molecule has 0 spiro atoms. The fourth-order valence-electron chi connectivity index (χ4n) is 1.92. The Bertz CT molecular complexity index is 828. The van der Waals surface area contributed by atoms with E-state index >= 15 is 0 Å². The van der Waals surface area contributed by atoms with Gasteiger partial charge in [-0.25, -0.2) is 4.39 Å². The maximum absolute atomic E-state index is 13.4. The minimum absolute atomic E-state index is 0.0701. The number of carbonyl (C=O) groups excluding carboxylic acids is 2. The van der Waals surface area contributed by atoms with Gasteiger partial charge in [0.15, 0.2) is 6.61 Å². The standard InChI is InChI=1S/C16H12ClFN2O5/c17-12-6-5-11(8-14(12)20(23)24)19-15(21)9-25-16(22)7-10-3-1-2-4-13(10)18/h1-6,8H,7,9H2,(H,19,21). The molecule has 2 aromatic carbocycles. The molecule has 0 aliphatic rings. The van der Waals surface area contributed by atoms with Crippen molar-refractivity contribution in [2.75, 3.05) is 11.9 Å². The van der Waals surface area contributed by atoms with Crippen LogP contribution in [0, 0.1) is 15.9 Å². The van der Waals surface area contributed by atoms with Crippen LogP contribution in [0.25, 0.3) is 0 Å². The fourth-order valence-corrected chi connectivity index (χ4v) is 2.11. The Hall–Kier alpha value is -3.00. The Labute approximate surface area is 146 Å². The van der Waals surface area contributed by atoms with Gasteiger partial charge in [0.05, 0.1) is 11.3 Å². The van der Waals surface area contributed by atoms with E-state index in [1.54, 1.807) is 6.07 Å². The molecule has 1 amide bonds. The predicted octanol–water partition coefficient (Wildman–Crippen LogP) is 3.11. The van der Waals surface area contributed by atoms with Crippen LogP contribution >= 0.6 is 11.6 Å². The van der Waals surface area contributed by atoms with Crippen molar-refractivity contribution in [3.8, 4) is 0 Å². The average Bonchev–Trinajstić information content (AvgIpc) is 2.56. The first-order valence-electron chi connectivity index (χ1n) is 6.99. The number of halogens is 2. The zero-order valence-corrected chi connectivity index (χ0v) is 13.5. The number of nitro benzene ring substituents is 1. The third kappa shape index (κ3) is 5.25. The fraction of sp³-hybridized carbons (Fsp3) is 0.125. The van der Waals surface area contributed by atoms with Gasteiger partial charge in [0, 0.05) is 11.8 Å². The molecule has 2 rings (SSSR count). The lowest BCUT2D eigenvalue weighted by molar-refractivity contribution is -0.384. The van der Waals surface area contributed by atoms with Gasteiger partial charge in [-0.05, 0) is 23.8 Å². The monoisotopic (exact) mass is 366 g/mol. The Morgan fingerprint density at radius 3 is 2.64 bits per heavy atom. The second-order valence-electron chi connectivity index (χ2n) is 4.90. The zero-order valence-electron chi connectivity index (χ0n) is 12.7. The summed E-state index contributed by atoms with van der Waals surface area (Å²) in [5.74, 6) is -2.02. The number of esters is 1. The van der Waals surface area contributed by atoms with Crippen LogP contribution in [0.5, 0.6) is 0 Å². The molecule has 0 aromatic heterocycles. The molecule has 0 saturated heterocycles. The number of carbonyl (C=O) groups is 2. The van der Waals surface area contributed by atoms with Gasteiger partial charge >= 0.3 is 5.97 Å². The lowest BCUT2D eigenvalue weighted by Crippen LogP contribution is -2.21. The van der Waals surface area contributed by atoms with Crippen LogP contribution in [-0.2, 0) is 20.7 Å². The number of benzene rings is 2. The first-order valence-corrected chi connectivity index (χ1v) is 7.37. The zero-order chi connectivity index (χ0) is 18.4. The molecule has 7 nitrogen and oxygen atoms in total. The van der Waals surface area contributed by atoms with Crippen molar-refractivity contribution in [2.45, 2.75) is 6.42 Å². The van der Waals surface area contributed by atoms with Crippen LogP contribution in [0.3, 0.4) is 0 Å². The summed E-state index contributed by atoms with van der Waals surface area (Å²) in [6.07, 6.45) is -0.313. The molecule has 0 aliphatic heterocycles. The number of amides is 1. The first-order chi connectivity index (χ1) is 11.9. The molecule has 0 saturated carbocycles. The van der Waals surface area contributed by atoms with Gasteiger partial charge in [-0.15, -0.1) is 0 Å². The van der Waals surface area contributed by atoms with Gasteiger partial charge in [0.25, 0.3) is 11.6 Å². The molecular weight excluding hydrogens is 355 g/mol. The van der Waals surface area contributed by atoms with E-state index in [-0.39, 0.29) is 28.4 Å². The molecule has 0 unspecified atom stereocenters. The molecule has 2 aromatic rings. The molecule has 0 heterocycles. The van der Waals surface area contributed by atoms with E-state index in [0.717, 1.165) is 6.07 Å². The van der Waals surface area contributed by atoms with Gasteiger partial charge in [-0.2, -0.15) is 0 Å². The third-order valence-electron chi connectivity index (χ3n) is 3.08. The van der Waals surface area contributed by atoms with E-state index in [0.29, 0.717) is 0 Å². The normalized spacial score (nSPS) is 10.2. The number of nitro groups is 1. The summed E-state index contributed by atoms with van der Waals surface area (Å²) in [4.78, 5) is 33.5. The molecule has 0 fully saturated rings. The van der Waals surface area contributed by atoms with Crippen molar-refractivity contribution in [3.63, 3.8) is 0 Å². The van der Waals surface area contributed by atoms with Crippen LogP contribution < -0.4 is 5.32 Å². The maximum Gasteiger partial charge on any atom is 0.310 e. The summed E-state index contributed by atoms with van der Waals surface area (Å²) in [7, 11) is 0. The minimum atomic E-state index is -0.776. The van der Waals surface area contributed by atoms with E-state index in [1.807, 2.05) is 0 Å². The summed E-state index contributed by atoms with van der Waals surface area (Å²) in [5, 5.41) is 13.1. The summed E-state index contributed by atoms with van der Waals surface area (Å²) in [6.45, 7) is -0.607. The Morgan fingerprint density at radius 2 is 1.96 bits per heavy atom. The third-order valence-corrected chi connectivity index (χ3v) is 3.40. The topological polar surface area (TPSA) is 98.5 Å². The van der Waals surface area contributed by atoms with Crippen molar-refractivity contribution in [1.82, 2.24) is 0 Å². The molecule has 0 atom stereocenters. The number of ether oxygens (including phenoxy) is 1. The molecule has 0 bridgehead atoms. The van der Waals surface area contributed by atoms with E-state index in [9.17, 15) is 24.1 Å². The summed E-state index contributed by atoms with van der Waals surface area (Å²) < 4.78 is 18.2. The van der Waals surface area contributed by atoms with Crippen LogP contribution in [0.1, 0.15) is 5.56 Å². The van der Waals surface area contributed by atoms with Gasteiger partial charge in [-0.1, -0.05) is 29.8 Å². The summed E-state index contributed by atoms with van der Waals surface area (Å²) in [6, 6.07) is 9.43. The number of nitrogens with zero attached hydrogens (tertiary/aromatic N) is 1. The van der Waals surface area contributed by atoms with Crippen molar-refractivity contribution in [2.24, 2.45) is 0 Å². The van der Waals surface area contributed by atoms with Crippen LogP contribution in [-0.4, -0.2) is 23.4 Å². The second kappa shape index (κ2) is 8.20. The summed E-state index contributed by atoms with van der Waals surface area (Å²) >= 11 is 5.67. The van der Waals surface area contributed by atoms with E-state index in [4.69, 9.17) is 16.3 Å². The number of rotatable bonds is 6. The van der Waals surface area contributed by atoms with E-state index in [1.165, 1.54) is 30.3 Å². The highest BCUT2D eigenvalue weighted by Crippen LogP contribution is 2.27. The highest BCUT2D eigenvalue weighted by atomic mass is 35.5. The number of anilines is 1. The largest absolute Gasteiger partial charge is 0.455 e. The van der Waals surface area contributed by atoms with Gasteiger partial charge in [0.1, 0.15) is 10.8 Å². The van der Waals surface area contributed by atoms with Gasteiger partial charge in [-0.3, -0.25) is 19.7 Å². The van der Waals surface area contributed by atoms with Crippen LogP contribution in [0.2, 0.25) is 5.02 Å². The van der Waals surface area contributed by atoms with Gasteiger partial charge in [0.2, 0.25) is 0 Å². The van der Waals surface area contributed by atoms with Crippen molar-refractivity contribution >= 4 is 34.9 Å². The number of hydrogen-bond acceptors (Lipinski definition) is 5. The molecule has 130 valence electrons. The average molecular weight is 367 g/mol. The molecule has 1 N–H and O–H groups in total.